The number of aryl methyl sites for hydroxylation is 2. The number of hydrogen-bond donors (Lipinski definition) is 1. The quantitative estimate of drug-likeness (QED) is 0.352. The lowest BCUT2D eigenvalue weighted by molar-refractivity contribution is -0.112. The Morgan fingerprint density at radius 1 is 1.06 bits per heavy atom. The van der Waals surface area contributed by atoms with Crippen LogP contribution in [0.5, 0.6) is 11.5 Å². The van der Waals surface area contributed by atoms with Crippen molar-refractivity contribution in [3.8, 4) is 17.6 Å². The summed E-state index contributed by atoms with van der Waals surface area (Å²) >= 11 is 5.91. The molecule has 0 saturated carbocycles. The number of ether oxygens (including phenoxy) is 2. The molecule has 32 heavy (non-hydrogen) atoms. The molecule has 5 nitrogen and oxygen atoms in total. The average Bonchev–Trinajstić information content (AvgIpc) is 2.79. The van der Waals surface area contributed by atoms with E-state index in [1.165, 1.54) is 13.2 Å². The summed E-state index contributed by atoms with van der Waals surface area (Å²) in [5.41, 5.74) is 4.18. The number of nitriles is 1. The third-order valence-corrected chi connectivity index (χ3v) is 5.14. The van der Waals surface area contributed by atoms with Crippen molar-refractivity contribution >= 4 is 29.3 Å². The lowest BCUT2D eigenvalue weighted by Crippen LogP contribution is -2.15. The van der Waals surface area contributed by atoms with Crippen LogP contribution < -0.4 is 14.8 Å². The first kappa shape index (κ1) is 22.9. The van der Waals surface area contributed by atoms with Gasteiger partial charge in [0.1, 0.15) is 18.2 Å². The first-order valence-electron chi connectivity index (χ1n) is 9.96. The number of amides is 1. The van der Waals surface area contributed by atoms with E-state index >= 15 is 0 Å². The summed E-state index contributed by atoms with van der Waals surface area (Å²) in [6.45, 7) is 4.17. The SMILES string of the molecule is COc1cc(/C=C(/C#N)C(=O)Nc2c(C)cccc2C)ccc1OCc1ccc(Cl)cc1. The largest absolute Gasteiger partial charge is 0.493 e. The summed E-state index contributed by atoms with van der Waals surface area (Å²) in [6.07, 6.45) is 1.52. The highest BCUT2D eigenvalue weighted by Gasteiger charge is 2.13. The van der Waals surface area contributed by atoms with Crippen LogP contribution in [-0.2, 0) is 11.4 Å². The molecule has 6 heteroatoms. The van der Waals surface area contributed by atoms with Gasteiger partial charge in [-0.2, -0.15) is 5.26 Å². The number of halogens is 1. The van der Waals surface area contributed by atoms with E-state index in [0.717, 1.165) is 16.7 Å². The molecule has 0 unspecified atom stereocenters. The number of nitrogens with one attached hydrogen (secondary N) is 1. The van der Waals surface area contributed by atoms with Crippen molar-refractivity contribution in [2.24, 2.45) is 0 Å². The fourth-order valence-corrected chi connectivity index (χ4v) is 3.27. The Hall–Kier alpha value is -3.75. The van der Waals surface area contributed by atoms with Crippen LogP contribution in [-0.4, -0.2) is 13.0 Å². The maximum atomic E-state index is 12.7. The minimum Gasteiger partial charge on any atom is -0.493 e. The van der Waals surface area contributed by atoms with Gasteiger partial charge in [0.15, 0.2) is 11.5 Å². The third kappa shape index (κ3) is 5.69. The minimum atomic E-state index is -0.466. The van der Waals surface area contributed by atoms with Gasteiger partial charge in [0.25, 0.3) is 5.91 Å². The standard InChI is InChI=1S/C26H23ClN2O3/c1-17-5-4-6-18(2)25(17)29-26(30)21(15-28)13-20-9-12-23(24(14-20)31-3)32-16-19-7-10-22(27)11-8-19/h4-14H,16H2,1-3H3,(H,29,30)/b21-13-. The summed E-state index contributed by atoms with van der Waals surface area (Å²) in [6, 6.07) is 20.3. The molecule has 0 bridgehead atoms. The summed E-state index contributed by atoms with van der Waals surface area (Å²) < 4.78 is 11.3. The predicted molar refractivity (Wildman–Crippen MR) is 127 cm³/mol. The number of rotatable bonds is 7. The molecule has 0 aromatic heterocycles. The second kappa shape index (κ2) is 10.5. The highest BCUT2D eigenvalue weighted by atomic mass is 35.5. The first-order chi connectivity index (χ1) is 15.4. The molecule has 0 heterocycles. The Labute approximate surface area is 192 Å². The van der Waals surface area contributed by atoms with Gasteiger partial charge in [0.05, 0.1) is 7.11 Å². The normalized spacial score (nSPS) is 10.9. The van der Waals surface area contributed by atoms with Gasteiger partial charge in [0, 0.05) is 10.7 Å². The smallest absolute Gasteiger partial charge is 0.266 e. The van der Waals surface area contributed by atoms with Gasteiger partial charge in [-0.1, -0.05) is 48.0 Å². The molecular weight excluding hydrogens is 424 g/mol. The molecule has 1 N–H and O–H groups in total. The molecule has 3 rings (SSSR count). The summed E-state index contributed by atoms with van der Waals surface area (Å²) in [7, 11) is 1.54. The van der Waals surface area contributed by atoms with Crippen molar-refractivity contribution in [2.75, 3.05) is 12.4 Å². The third-order valence-electron chi connectivity index (χ3n) is 4.89. The first-order valence-corrected chi connectivity index (χ1v) is 10.3. The van der Waals surface area contributed by atoms with Crippen LogP contribution >= 0.6 is 11.6 Å². The van der Waals surface area contributed by atoms with Crippen molar-refractivity contribution in [3.63, 3.8) is 0 Å². The van der Waals surface area contributed by atoms with E-state index in [1.54, 1.807) is 30.3 Å². The number of carbonyl (C=O) groups excluding carboxylic acids is 1. The molecule has 0 atom stereocenters. The Bertz CT molecular complexity index is 1170. The topological polar surface area (TPSA) is 71.3 Å². The Morgan fingerprint density at radius 3 is 2.38 bits per heavy atom. The number of carbonyl (C=O) groups is 1. The van der Waals surface area contributed by atoms with Gasteiger partial charge in [-0.25, -0.2) is 0 Å². The lowest BCUT2D eigenvalue weighted by Gasteiger charge is -2.12. The van der Waals surface area contributed by atoms with Crippen molar-refractivity contribution in [3.05, 3.63) is 93.5 Å². The second-order valence-electron chi connectivity index (χ2n) is 7.22. The van der Waals surface area contributed by atoms with Gasteiger partial charge in [-0.15, -0.1) is 0 Å². The van der Waals surface area contributed by atoms with Crippen LogP contribution in [0.15, 0.2) is 66.2 Å². The number of hydrogen-bond acceptors (Lipinski definition) is 4. The second-order valence-corrected chi connectivity index (χ2v) is 7.65. The Morgan fingerprint density at radius 2 is 1.75 bits per heavy atom. The summed E-state index contributed by atoms with van der Waals surface area (Å²) in [5.74, 6) is 0.588. The minimum absolute atomic E-state index is 0.00969. The number of anilines is 1. The molecule has 0 spiro atoms. The molecule has 1 amide bonds. The molecule has 0 aliphatic rings. The van der Waals surface area contributed by atoms with Crippen molar-refractivity contribution < 1.29 is 14.3 Å². The molecule has 3 aromatic carbocycles. The van der Waals surface area contributed by atoms with E-state index in [1.807, 2.05) is 50.2 Å². The highest BCUT2D eigenvalue weighted by molar-refractivity contribution is 6.30. The number of para-hydroxylation sites is 1. The van der Waals surface area contributed by atoms with Crippen LogP contribution in [0.4, 0.5) is 5.69 Å². The molecule has 0 aliphatic heterocycles. The van der Waals surface area contributed by atoms with Gasteiger partial charge >= 0.3 is 0 Å². The summed E-state index contributed by atoms with van der Waals surface area (Å²) in [5, 5.41) is 13.0. The molecule has 3 aromatic rings. The van der Waals surface area contributed by atoms with Crippen molar-refractivity contribution in [2.45, 2.75) is 20.5 Å². The van der Waals surface area contributed by atoms with Gasteiger partial charge in [-0.3, -0.25) is 4.79 Å². The van der Waals surface area contributed by atoms with E-state index in [2.05, 4.69) is 5.32 Å². The summed E-state index contributed by atoms with van der Waals surface area (Å²) in [4.78, 5) is 12.7. The fourth-order valence-electron chi connectivity index (χ4n) is 3.14. The van der Waals surface area contributed by atoms with Gasteiger partial charge in [0.2, 0.25) is 0 Å². The molecule has 0 aliphatic carbocycles. The van der Waals surface area contributed by atoms with E-state index < -0.39 is 5.91 Å². The van der Waals surface area contributed by atoms with Crippen LogP contribution in [0.3, 0.4) is 0 Å². The number of nitrogens with zero attached hydrogens (tertiary/aromatic N) is 1. The van der Waals surface area contributed by atoms with Gasteiger partial charge in [-0.05, 0) is 66.4 Å². The Balaban J connectivity index is 1.77. The van der Waals surface area contributed by atoms with E-state index in [-0.39, 0.29) is 5.57 Å². The highest BCUT2D eigenvalue weighted by Crippen LogP contribution is 2.30. The average molecular weight is 447 g/mol. The van der Waals surface area contributed by atoms with Crippen LogP contribution in [0.2, 0.25) is 5.02 Å². The van der Waals surface area contributed by atoms with Crippen LogP contribution in [0, 0.1) is 25.2 Å². The molecule has 0 radical (unpaired) electrons. The van der Waals surface area contributed by atoms with E-state index in [4.69, 9.17) is 21.1 Å². The zero-order valence-corrected chi connectivity index (χ0v) is 18.9. The maximum absolute atomic E-state index is 12.7. The maximum Gasteiger partial charge on any atom is 0.266 e. The number of methoxy groups -OCH3 is 1. The lowest BCUT2D eigenvalue weighted by atomic mass is 10.1. The van der Waals surface area contributed by atoms with Crippen molar-refractivity contribution in [1.82, 2.24) is 0 Å². The zero-order chi connectivity index (χ0) is 23.1. The monoisotopic (exact) mass is 446 g/mol. The number of benzene rings is 3. The predicted octanol–water partition coefficient (Wildman–Crippen LogP) is 6.09. The van der Waals surface area contributed by atoms with Gasteiger partial charge < -0.3 is 14.8 Å². The zero-order valence-electron chi connectivity index (χ0n) is 18.1. The Kier molecular flexibility index (Phi) is 7.54. The van der Waals surface area contributed by atoms with Crippen LogP contribution in [0.25, 0.3) is 6.08 Å². The van der Waals surface area contributed by atoms with E-state index in [0.29, 0.717) is 34.4 Å². The molecular formula is C26H23ClN2O3. The van der Waals surface area contributed by atoms with Crippen LogP contribution in [0.1, 0.15) is 22.3 Å². The fraction of sp³-hybridized carbons (Fsp3) is 0.154. The molecule has 0 fully saturated rings. The van der Waals surface area contributed by atoms with E-state index in [9.17, 15) is 10.1 Å². The van der Waals surface area contributed by atoms with Crippen molar-refractivity contribution in [1.29, 1.82) is 5.26 Å². The molecule has 0 saturated heterocycles. The molecule has 162 valence electrons.